The molecule has 0 aliphatic heterocycles. The van der Waals surface area contributed by atoms with Gasteiger partial charge in [-0.2, -0.15) is 0 Å². The van der Waals surface area contributed by atoms with E-state index in [-0.39, 0.29) is 0 Å². The van der Waals surface area contributed by atoms with Crippen molar-refractivity contribution < 1.29 is 4.74 Å². The van der Waals surface area contributed by atoms with Crippen LogP contribution < -0.4 is 10.1 Å². The molecule has 0 aromatic heterocycles. The highest BCUT2D eigenvalue weighted by Gasteiger charge is 2.16. The van der Waals surface area contributed by atoms with Crippen molar-refractivity contribution in [3.05, 3.63) is 29.3 Å². The maximum absolute atomic E-state index is 5.53. The van der Waals surface area contributed by atoms with E-state index in [1.807, 2.05) is 0 Å². The fraction of sp³-hybridized carbons (Fsp3) is 0.625. The van der Waals surface area contributed by atoms with Gasteiger partial charge < -0.3 is 10.1 Å². The Morgan fingerprint density at radius 2 is 2.00 bits per heavy atom. The average Bonchev–Trinajstić information content (AvgIpc) is 2.34. The molecular weight excluding hydrogens is 222 g/mol. The molecule has 0 bridgehead atoms. The fourth-order valence-electron chi connectivity index (χ4n) is 2.22. The lowest BCUT2D eigenvalue weighted by atomic mass is 9.95. The monoisotopic (exact) mass is 249 g/mol. The molecule has 0 spiro atoms. The van der Waals surface area contributed by atoms with Gasteiger partial charge in [0.25, 0.3) is 0 Å². The van der Waals surface area contributed by atoms with E-state index in [4.69, 9.17) is 4.74 Å². The normalized spacial score (nSPS) is 12.8. The molecule has 1 rings (SSSR count). The molecule has 2 nitrogen and oxygen atoms in total. The zero-order valence-electron chi connectivity index (χ0n) is 12.4. The maximum atomic E-state index is 5.53. The number of aryl methyl sites for hydroxylation is 1. The van der Waals surface area contributed by atoms with E-state index in [1.54, 1.807) is 7.11 Å². The molecule has 18 heavy (non-hydrogen) atoms. The first-order chi connectivity index (χ1) is 8.58. The number of hydrogen-bond acceptors (Lipinski definition) is 2. The number of rotatable bonds is 7. The largest absolute Gasteiger partial charge is 0.496 e. The molecule has 1 atom stereocenters. The molecule has 0 radical (unpaired) electrons. The van der Waals surface area contributed by atoms with E-state index < -0.39 is 0 Å². The van der Waals surface area contributed by atoms with Crippen molar-refractivity contribution in [1.29, 1.82) is 0 Å². The Bertz CT molecular complexity index is 360. The Morgan fingerprint density at radius 3 is 2.56 bits per heavy atom. The first-order valence-electron chi connectivity index (χ1n) is 6.96. The Hall–Kier alpha value is -1.02. The van der Waals surface area contributed by atoms with Crippen LogP contribution >= 0.6 is 0 Å². The third-order valence-electron chi connectivity index (χ3n) is 3.11. The van der Waals surface area contributed by atoms with Gasteiger partial charge in [0, 0.05) is 11.6 Å². The standard InChI is InChI=1S/C16H27NO/c1-6-9-17-15(10-12(2)3)14-8-7-13(4)11-16(14)18-5/h7-8,11-12,15,17H,6,9-10H2,1-5H3. The number of nitrogens with one attached hydrogen (secondary N) is 1. The van der Waals surface area contributed by atoms with E-state index >= 15 is 0 Å². The van der Waals surface area contributed by atoms with E-state index in [1.165, 1.54) is 11.1 Å². The van der Waals surface area contributed by atoms with Crippen molar-refractivity contribution in [2.75, 3.05) is 13.7 Å². The summed E-state index contributed by atoms with van der Waals surface area (Å²) in [4.78, 5) is 0. The van der Waals surface area contributed by atoms with Crippen LogP contribution in [0.5, 0.6) is 5.75 Å². The summed E-state index contributed by atoms with van der Waals surface area (Å²) in [6.07, 6.45) is 2.29. The summed E-state index contributed by atoms with van der Waals surface area (Å²) in [5.74, 6) is 1.68. The molecule has 0 fully saturated rings. The summed E-state index contributed by atoms with van der Waals surface area (Å²) < 4.78 is 5.53. The average molecular weight is 249 g/mol. The summed E-state index contributed by atoms with van der Waals surface area (Å²) >= 11 is 0. The summed E-state index contributed by atoms with van der Waals surface area (Å²) in [7, 11) is 1.75. The van der Waals surface area contributed by atoms with E-state index in [9.17, 15) is 0 Å². The number of benzene rings is 1. The van der Waals surface area contributed by atoms with Crippen LogP contribution in [0.3, 0.4) is 0 Å². The van der Waals surface area contributed by atoms with Gasteiger partial charge in [0.15, 0.2) is 0 Å². The van der Waals surface area contributed by atoms with Gasteiger partial charge in [0.1, 0.15) is 5.75 Å². The van der Waals surface area contributed by atoms with Crippen molar-refractivity contribution in [2.24, 2.45) is 5.92 Å². The van der Waals surface area contributed by atoms with Gasteiger partial charge in [-0.1, -0.05) is 32.9 Å². The quantitative estimate of drug-likeness (QED) is 0.786. The Labute approximate surface area is 112 Å². The summed E-state index contributed by atoms with van der Waals surface area (Å²) in [6, 6.07) is 6.87. The SMILES string of the molecule is CCCNC(CC(C)C)c1ccc(C)cc1OC. The molecule has 1 aromatic rings. The molecular formula is C16H27NO. The lowest BCUT2D eigenvalue weighted by molar-refractivity contribution is 0.381. The topological polar surface area (TPSA) is 21.3 Å². The van der Waals surface area contributed by atoms with Gasteiger partial charge >= 0.3 is 0 Å². The van der Waals surface area contributed by atoms with Crippen LogP contribution in [0, 0.1) is 12.8 Å². The minimum absolute atomic E-state index is 0.389. The molecule has 1 N–H and O–H groups in total. The Balaban J connectivity index is 2.95. The molecule has 0 heterocycles. The summed E-state index contributed by atoms with van der Waals surface area (Å²) in [6.45, 7) is 9.88. The van der Waals surface area contributed by atoms with E-state index in [0.717, 1.165) is 25.1 Å². The van der Waals surface area contributed by atoms with Gasteiger partial charge in [0.2, 0.25) is 0 Å². The van der Waals surface area contributed by atoms with Crippen LogP contribution in [0.4, 0.5) is 0 Å². The zero-order valence-corrected chi connectivity index (χ0v) is 12.4. The smallest absolute Gasteiger partial charge is 0.123 e. The molecule has 2 heteroatoms. The predicted molar refractivity (Wildman–Crippen MR) is 78.2 cm³/mol. The molecule has 1 unspecified atom stereocenters. The minimum Gasteiger partial charge on any atom is -0.496 e. The molecule has 102 valence electrons. The zero-order chi connectivity index (χ0) is 13.5. The second-order valence-electron chi connectivity index (χ2n) is 5.38. The van der Waals surface area contributed by atoms with E-state index in [0.29, 0.717) is 12.0 Å². The first kappa shape index (κ1) is 15.0. The van der Waals surface area contributed by atoms with Crippen molar-refractivity contribution in [3.8, 4) is 5.75 Å². The third kappa shape index (κ3) is 4.34. The van der Waals surface area contributed by atoms with Gasteiger partial charge in [-0.05, 0) is 43.9 Å². The molecule has 0 aliphatic carbocycles. The van der Waals surface area contributed by atoms with Crippen LogP contribution in [0.1, 0.15) is 50.8 Å². The number of methoxy groups -OCH3 is 1. The van der Waals surface area contributed by atoms with Gasteiger partial charge in [0.05, 0.1) is 7.11 Å². The molecule has 1 aromatic carbocycles. The van der Waals surface area contributed by atoms with Crippen LogP contribution in [0.15, 0.2) is 18.2 Å². The first-order valence-corrected chi connectivity index (χ1v) is 6.96. The van der Waals surface area contributed by atoms with Crippen LogP contribution in [0.25, 0.3) is 0 Å². The van der Waals surface area contributed by atoms with Crippen LogP contribution in [0.2, 0.25) is 0 Å². The van der Waals surface area contributed by atoms with Crippen molar-refractivity contribution in [1.82, 2.24) is 5.32 Å². The van der Waals surface area contributed by atoms with Crippen molar-refractivity contribution >= 4 is 0 Å². The van der Waals surface area contributed by atoms with Crippen LogP contribution in [-0.2, 0) is 0 Å². The van der Waals surface area contributed by atoms with E-state index in [2.05, 4.69) is 51.2 Å². The van der Waals surface area contributed by atoms with Gasteiger partial charge in [-0.25, -0.2) is 0 Å². The van der Waals surface area contributed by atoms with Gasteiger partial charge in [-0.3, -0.25) is 0 Å². The lowest BCUT2D eigenvalue weighted by Gasteiger charge is -2.23. The van der Waals surface area contributed by atoms with Gasteiger partial charge in [-0.15, -0.1) is 0 Å². The second kappa shape index (κ2) is 7.42. The minimum atomic E-state index is 0.389. The maximum Gasteiger partial charge on any atom is 0.123 e. The molecule has 0 aliphatic rings. The Morgan fingerprint density at radius 1 is 1.28 bits per heavy atom. The van der Waals surface area contributed by atoms with Crippen molar-refractivity contribution in [2.45, 2.75) is 46.6 Å². The number of hydrogen-bond donors (Lipinski definition) is 1. The number of ether oxygens (including phenoxy) is 1. The Kier molecular flexibility index (Phi) is 6.20. The molecule has 0 saturated heterocycles. The summed E-state index contributed by atoms with van der Waals surface area (Å²) in [5, 5.41) is 3.63. The van der Waals surface area contributed by atoms with Crippen LogP contribution in [-0.4, -0.2) is 13.7 Å². The lowest BCUT2D eigenvalue weighted by Crippen LogP contribution is -2.24. The second-order valence-corrected chi connectivity index (χ2v) is 5.38. The highest BCUT2D eigenvalue weighted by atomic mass is 16.5. The van der Waals surface area contributed by atoms with Crippen molar-refractivity contribution in [3.63, 3.8) is 0 Å². The summed E-state index contributed by atoms with van der Waals surface area (Å²) in [5.41, 5.74) is 2.53. The molecule has 0 amide bonds. The molecule has 0 saturated carbocycles. The predicted octanol–water partition coefficient (Wildman–Crippen LogP) is 4.09. The highest BCUT2D eigenvalue weighted by Crippen LogP contribution is 2.30. The highest BCUT2D eigenvalue weighted by molar-refractivity contribution is 5.39. The fourth-order valence-corrected chi connectivity index (χ4v) is 2.22. The third-order valence-corrected chi connectivity index (χ3v) is 3.11.